The molecule has 18 heavy (non-hydrogen) atoms. The van der Waals surface area contributed by atoms with E-state index in [4.69, 9.17) is 4.74 Å². The van der Waals surface area contributed by atoms with E-state index in [1.165, 1.54) is 18.4 Å². The van der Waals surface area contributed by atoms with Gasteiger partial charge in [0.25, 0.3) is 0 Å². The van der Waals surface area contributed by atoms with Crippen LogP contribution in [0.1, 0.15) is 44.6 Å². The summed E-state index contributed by atoms with van der Waals surface area (Å²) in [6.07, 6.45) is 3.56. The van der Waals surface area contributed by atoms with Crippen LogP contribution < -0.4 is 10.1 Å². The summed E-state index contributed by atoms with van der Waals surface area (Å²) in [4.78, 5) is 0. The summed E-state index contributed by atoms with van der Waals surface area (Å²) < 4.78 is 7.01. The zero-order valence-corrected chi connectivity index (χ0v) is 13.2. The van der Waals surface area contributed by atoms with Gasteiger partial charge in [0.1, 0.15) is 5.75 Å². The molecule has 0 atom stereocenters. The summed E-state index contributed by atoms with van der Waals surface area (Å²) >= 11 is 3.51. The zero-order chi connectivity index (χ0) is 13.4. The minimum atomic E-state index is 0.488. The molecule has 1 aromatic carbocycles. The fourth-order valence-electron chi connectivity index (χ4n) is 1.86. The highest BCUT2D eigenvalue weighted by molar-refractivity contribution is 9.10. The molecule has 0 aliphatic rings. The van der Waals surface area contributed by atoms with Crippen molar-refractivity contribution in [2.45, 2.75) is 39.0 Å². The third kappa shape index (κ3) is 5.40. The number of benzene rings is 1. The molecule has 0 spiro atoms. The highest BCUT2D eigenvalue weighted by Crippen LogP contribution is 2.29. The van der Waals surface area contributed by atoms with E-state index in [0.29, 0.717) is 5.92 Å². The summed E-state index contributed by atoms with van der Waals surface area (Å²) in [6, 6.07) is 6.26. The largest absolute Gasteiger partial charge is 0.493 e. The van der Waals surface area contributed by atoms with Crippen molar-refractivity contribution in [3.05, 3.63) is 28.2 Å². The van der Waals surface area contributed by atoms with E-state index in [-0.39, 0.29) is 0 Å². The third-order valence-corrected chi connectivity index (χ3v) is 3.42. The molecule has 3 heteroatoms. The Balaban J connectivity index is 2.42. The molecule has 1 rings (SSSR count). The predicted octanol–water partition coefficient (Wildman–Crippen LogP) is 4.34. The normalized spacial score (nSPS) is 10.9. The average Bonchev–Trinajstić information content (AvgIpc) is 2.35. The fraction of sp³-hybridized carbons (Fsp3) is 0.600. The van der Waals surface area contributed by atoms with E-state index in [1.54, 1.807) is 0 Å². The maximum Gasteiger partial charge on any atom is 0.122 e. The van der Waals surface area contributed by atoms with Crippen molar-refractivity contribution in [1.29, 1.82) is 0 Å². The summed E-state index contributed by atoms with van der Waals surface area (Å²) in [5.41, 5.74) is 1.28. The third-order valence-electron chi connectivity index (χ3n) is 2.92. The van der Waals surface area contributed by atoms with Crippen molar-refractivity contribution >= 4 is 15.9 Å². The molecule has 0 fully saturated rings. The van der Waals surface area contributed by atoms with Gasteiger partial charge >= 0.3 is 0 Å². The van der Waals surface area contributed by atoms with Crippen molar-refractivity contribution in [3.63, 3.8) is 0 Å². The molecule has 0 aromatic heterocycles. The Morgan fingerprint density at radius 3 is 2.67 bits per heavy atom. The van der Waals surface area contributed by atoms with Crippen LogP contribution in [-0.2, 0) is 0 Å². The number of halogens is 1. The Morgan fingerprint density at radius 1 is 1.22 bits per heavy atom. The van der Waals surface area contributed by atoms with Gasteiger partial charge in [0.2, 0.25) is 0 Å². The second-order valence-corrected chi connectivity index (χ2v) is 5.77. The highest BCUT2D eigenvalue weighted by Gasteiger charge is 2.08. The lowest BCUT2D eigenvalue weighted by molar-refractivity contribution is 0.301. The number of hydrogen-bond donors (Lipinski definition) is 1. The minimum Gasteiger partial charge on any atom is -0.493 e. The van der Waals surface area contributed by atoms with Gasteiger partial charge in [0, 0.05) is 4.47 Å². The summed E-state index contributed by atoms with van der Waals surface area (Å²) in [7, 11) is 1.99. The van der Waals surface area contributed by atoms with Gasteiger partial charge in [-0.2, -0.15) is 0 Å². The molecular formula is C15H24BrNO. The zero-order valence-electron chi connectivity index (χ0n) is 11.6. The number of nitrogens with one attached hydrogen (secondary N) is 1. The first kappa shape index (κ1) is 15.5. The Morgan fingerprint density at radius 2 is 2.00 bits per heavy atom. The number of unbranched alkanes of at least 4 members (excludes halogenated alkanes) is 2. The van der Waals surface area contributed by atoms with Crippen molar-refractivity contribution < 1.29 is 4.74 Å². The van der Waals surface area contributed by atoms with Crippen LogP contribution in [0.25, 0.3) is 0 Å². The minimum absolute atomic E-state index is 0.488. The molecule has 0 amide bonds. The lowest BCUT2D eigenvalue weighted by atomic mass is 10.0. The number of hydrogen-bond acceptors (Lipinski definition) is 2. The van der Waals surface area contributed by atoms with Gasteiger partial charge in [-0.25, -0.2) is 0 Å². The molecule has 0 radical (unpaired) electrons. The van der Waals surface area contributed by atoms with Gasteiger partial charge in [-0.15, -0.1) is 0 Å². The molecule has 0 aliphatic heterocycles. The second-order valence-electron chi connectivity index (χ2n) is 4.85. The fourth-order valence-corrected chi connectivity index (χ4v) is 2.24. The average molecular weight is 314 g/mol. The van der Waals surface area contributed by atoms with Crippen LogP contribution in [0, 0.1) is 0 Å². The first-order valence-electron chi connectivity index (χ1n) is 6.72. The molecule has 1 N–H and O–H groups in total. The van der Waals surface area contributed by atoms with Crippen LogP contribution in [0.3, 0.4) is 0 Å². The van der Waals surface area contributed by atoms with Crippen LogP contribution in [-0.4, -0.2) is 20.2 Å². The van der Waals surface area contributed by atoms with E-state index < -0.39 is 0 Å². The van der Waals surface area contributed by atoms with Crippen molar-refractivity contribution in [2.75, 3.05) is 20.2 Å². The van der Waals surface area contributed by atoms with Crippen LogP contribution in [0.15, 0.2) is 22.7 Å². The summed E-state index contributed by atoms with van der Waals surface area (Å²) in [5, 5.41) is 3.16. The van der Waals surface area contributed by atoms with Crippen LogP contribution in [0.5, 0.6) is 5.75 Å². The van der Waals surface area contributed by atoms with Crippen LogP contribution in [0.4, 0.5) is 0 Å². The van der Waals surface area contributed by atoms with Crippen LogP contribution >= 0.6 is 15.9 Å². The van der Waals surface area contributed by atoms with E-state index in [0.717, 1.165) is 29.8 Å². The Kier molecular flexibility index (Phi) is 7.36. The van der Waals surface area contributed by atoms with Gasteiger partial charge in [-0.1, -0.05) is 29.8 Å². The maximum absolute atomic E-state index is 5.89. The van der Waals surface area contributed by atoms with E-state index in [1.807, 2.05) is 13.1 Å². The molecule has 0 aliphatic carbocycles. The highest BCUT2D eigenvalue weighted by atomic mass is 79.9. The smallest absolute Gasteiger partial charge is 0.122 e. The topological polar surface area (TPSA) is 21.3 Å². The molecule has 0 heterocycles. The second kappa shape index (κ2) is 8.54. The predicted molar refractivity (Wildman–Crippen MR) is 81.5 cm³/mol. The Bertz CT molecular complexity index is 352. The van der Waals surface area contributed by atoms with Crippen molar-refractivity contribution in [2.24, 2.45) is 0 Å². The molecule has 0 unspecified atom stereocenters. The molecule has 102 valence electrons. The first-order valence-corrected chi connectivity index (χ1v) is 7.51. The maximum atomic E-state index is 5.89. The standard InChI is InChI=1S/C15H24BrNO/c1-12(2)14-11-13(16)7-8-15(14)18-10-6-4-5-9-17-3/h7-8,11-12,17H,4-6,9-10H2,1-3H3. The molecule has 0 saturated carbocycles. The number of rotatable bonds is 8. The SMILES string of the molecule is CNCCCCCOc1ccc(Br)cc1C(C)C. The van der Waals surface area contributed by atoms with Gasteiger partial charge in [0.15, 0.2) is 0 Å². The lowest BCUT2D eigenvalue weighted by Crippen LogP contribution is -2.08. The van der Waals surface area contributed by atoms with Crippen molar-refractivity contribution in [1.82, 2.24) is 5.32 Å². The lowest BCUT2D eigenvalue weighted by Gasteiger charge is -2.14. The quantitative estimate of drug-likeness (QED) is 0.721. The van der Waals surface area contributed by atoms with E-state index in [2.05, 4.69) is 47.2 Å². The number of ether oxygens (including phenoxy) is 1. The van der Waals surface area contributed by atoms with Gasteiger partial charge < -0.3 is 10.1 Å². The van der Waals surface area contributed by atoms with Crippen molar-refractivity contribution in [3.8, 4) is 5.75 Å². The van der Waals surface area contributed by atoms with E-state index >= 15 is 0 Å². The van der Waals surface area contributed by atoms with Gasteiger partial charge in [0.05, 0.1) is 6.61 Å². The van der Waals surface area contributed by atoms with Gasteiger partial charge in [-0.3, -0.25) is 0 Å². The monoisotopic (exact) mass is 313 g/mol. The Hall–Kier alpha value is -0.540. The molecule has 1 aromatic rings. The molecule has 0 saturated heterocycles. The van der Waals surface area contributed by atoms with Crippen LogP contribution in [0.2, 0.25) is 0 Å². The molecule has 2 nitrogen and oxygen atoms in total. The van der Waals surface area contributed by atoms with E-state index in [9.17, 15) is 0 Å². The summed E-state index contributed by atoms with van der Waals surface area (Å²) in [5.74, 6) is 1.52. The Labute approximate surface area is 119 Å². The van der Waals surface area contributed by atoms with Gasteiger partial charge in [-0.05, 0) is 62.5 Å². The molecule has 0 bridgehead atoms. The first-order chi connectivity index (χ1) is 8.65. The summed E-state index contributed by atoms with van der Waals surface area (Å²) in [6.45, 7) is 6.30. The molecular weight excluding hydrogens is 290 g/mol.